The number of aryl methyl sites for hydroxylation is 1. The van der Waals surface area contributed by atoms with Crippen molar-refractivity contribution in [2.75, 3.05) is 38.2 Å². The maximum absolute atomic E-state index is 11.1. The van der Waals surface area contributed by atoms with Gasteiger partial charge in [0.2, 0.25) is 5.82 Å². The van der Waals surface area contributed by atoms with Gasteiger partial charge in [0.05, 0.1) is 10.6 Å². The lowest BCUT2D eigenvalue weighted by Gasteiger charge is -2.13. The van der Waals surface area contributed by atoms with Gasteiger partial charge in [0.1, 0.15) is 11.3 Å². The van der Waals surface area contributed by atoms with E-state index in [4.69, 9.17) is 10.8 Å². The number of nitrogens with zero attached hydrogens (tertiary/aromatic N) is 3. The predicted octanol–water partition coefficient (Wildman–Crippen LogP) is 0.942. The molecule has 0 amide bonds. The summed E-state index contributed by atoms with van der Waals surface area (Å²) in [5.74, 6) is -1.33. The largest absolute Gasteiger partial charge is 0.478 e. The molecule has 0 bridgehead atoms. The Hall–Kier alpha value is -2.42. The Kier molecular flexibility index (Phi) is 5.42. The van der Waals surface area contributed by atoms with E-state index < -0.39 is 16.6 Å². The van der Waals surface area contributed by atoms with Crippen molar-refractivity contribution < 1.29 is 14.8 Å². The fourth-order valence-electron chi connectivity index (χ4n) is 1.90. The van der Waals surface area contributed by atoms with Crippen molar-refractivity contribution in [3.63, 3.8) is 0 Å². The molecule has 21 heavy (non-hydrogen) atoms. The van der Waals surface area contributed by atoms with Gasteiger partial charge in [-0.15, -0.1) is 0 Å². The lowest BCUT2D eigenvalue weighted by Crippen LogP contribution is -2.18. The van der Waals surface area contributed by atoms with Crippen LogP contribution in [0.4, 0.5) is 17.2 Å². The second-order valence-electron chi connectivity index (χ2n) is 4.83. The van der Waals surface area contributed by atoms with Gasteiger partial charge in [-0.25, -0.2) is 9.78 Å². The Labute approximate surface area is 121 Å². The van der Waals surface area contributed by atoms with E-state index in [1.807, 2.05) is 19.0 Å². The molecule has 4 N–H and O–H groups in total. The predicted molar refractivity (Wildman–Crippen MR) is 78.7 cm³/mol. The molecule has 1 aromatic rings. The molecule has 9 nitrogen and oxygen atoms in total. The molecule has 1 rings (SSSR count). The smallest absolute Gasteiger partial charge is 0.339 e. The first-order valence-corrected chi connectivity index (χ1v) is 6.32. The van der Waals surface area contributed by atoms with Gasteiger partial charge in [-0.2, -0.15) is 0 Å². The van der Waals surface area contributed by atoms with Crippen molar-refractivity contribution in [1.29, 1.82) is 0 Å². The Bertz CT molecular complexity index is 559. The first kappa shape index (κ1) is 16.6. The third kappa shape index (κ3) is 4.02. The highest BCUT2D eigenvalue weighted by molar-refractivity contribution is 5.98. The summed E-state index contributed by atoms with van der Waals surface area (Å²) in [5, 5.41) is 23.0. The zero-order valence-electron chi connectivity index (χ0n) is 12.2. The number of nitrogens with two attached hydrogens (primary N) is 1. The molecule has 0 unspecified atom stereocenters. The quantitative estimate of drug-likeness (QED) is 0.384. The van der Waals surface area contributed by atoms with Crippen LogP contribution < -0.4 is 11.1 Å². The second kappa shape index (κ2) is 6.84. The van der Waals surface area contributed by atoms with Crippen molar-refractivity contribution in [3.05, 3.63) is 21.4 Å². The summed E-state index contributed by atoms with van der Waals surface area (Å²) >= 11 is 0. The van der Waals surface area contributed by atoms with Crippen molar-refractivity contribution in [2.45, 2.75) is 13.3 Å². The molecule has 0 atom stereocenters. The highest BCUT2D eigenvalue weighted by atomic mass is 16.6. The zero-order chi connectivity index (χ0) is 16.2. The highest BCUT2D eigenvalue weighted by Crippen LogP contribution is 2.33. The number of carboxylic acid groups (broad SMARTS) is 1. The minimum Gasteiger partial charge on any atom is -0.478 e. The van der Waals surface area contributed by atoms with Crippen LogP contribution in [0.1, 0.15) is 22.5 Å². The molecule has 1 aromatic heterocycles. The third-order valence-corrected chi connectivity index (χ3v) is 2.86. The van der Waals surface area contributed by atoms with Crippen molar-refractivity contribution in [3.8, 4) is 0 Å². The number of anilines is 2. The molecule has 0 saturated carbocycles. The van der Waals surface area contributed by atoms with E-state index in [2.05, 4.69) is 10.3 Å². The summed E-state index contributed by atoms with van der Waals surface area (Å²) in [4.78, 5) is 27.4. The number of pyridine rings is 1. The van der Waals surface area contributed by atoms with Crippen LogP contribution in [-0.2, 0) is 0 Å². The van der Waals surface area contributed by atoms with Gasteiger partial charge in [-0.1, -0.05) is 0 Å². The second-order valence-corrected chi connectivity index (χ2v) is 4.83. The number of aromatic carboxylic acids is 1. The maximum atomic E-state index is 11.1. The van der Waals surface area contributed by atoms with E-state index in [0.29, 0.717) is 6.54 Å². The van der Waals surface area contributed by atoms with Crippen LogP contribution in [0.3, 0.4) is 0 Å². The van der Waals surface area contributed by atoms with Gasteiger partial charge < -0.3 is 21.1 Å². The monoisotopic (exact) mass is 297 g/mol. The Morgan fingerprint density at radius 2 is 2.14 bits per heavy atom. The van der Waals surface area contributed by atoms with Crippen molar-refractivity contribution in [2.24, 2.45) is 0 Å². The molecule has 0 fully saturated rings. The zero-order valence-corrected chi connectivity index (χ0v) is 12.2. The van der Waals surface area contributed by atoms with Gasteiger partial charge in [0, 0.05) is 6.54 Å². The average molecular weight is 297 g/mol. The van der Waals surface area contributed by atoms with Crippen LogP contribution in [-0.4, -0.2) is 53.1 Å². The molecule has 9 heteroatoms. The van der Waals surface area contributed by atoms with Crippen LogP contribution in [0.2, 0.25) is 0 Å². The average Bonchev–Trinajstić information content (AvgIpc) is 2.32. The SMILES string of the molecule is Cc1nc(NCCCN(C)C)c([N+](=O)[O-])c(N)c1C(=O)O. The van der Waals surface area contributed by atoms with Gasteiger partial charge in [-0.05, 0) is 34.0 Å². The molecule has 0 aliphatic rings. The van der Waals surface area contributed by atoms with Gasteiger partial charge in [-0.3, -0.25) is 10.1 Å². The number of hydrogen-bond acceptors (Lipinski definition) is 7. The minimum atomic E-state index is -1.33. The Balaban J connectivity index is 3.09. The molecular weight excluding hydrogens is 278 g/mol. The molecule has 0 aromatic carbocycles. The molecule has 116 valence electrons. The summed E-state index contributed by atoms with van der Waals surface area (Å²) in [6, 6.07) is 0. The van der Waals surface area contributed by atoms with Crippen LogP contribution in [0, 0.1) is 17.0 Å². The van der Waals surface area contributed by atoms with E-state index in [9.17, 15) is 14.9 Å². The number of nitrogens with one attached hydrogen (secondary N) is 1. The normalized spacial score (nSPS) is 10.7. The lowest BCUT2D eigenvalue weighted by atomic mass is 10.1. The van der Waals surface area contributed by atoms with E-state index in [1.165, 1.54) is 6.92 Å². The topological polar surface area (TPSA) is 135 Å². The van der Waals surface area contributed by atoms with Crippen LogP contribution in [0.15, 0.2) is 0 Å². The fourth-order valence-corrected chi connectivity index (χ4v) is 1.90. The van der Waals surface area contributed by atoms with E-state index in [1.54, 1.807) is 0 Å². The van der Waals surface area contributed by atoms with Gasteiger partial charge in [0.25, 0.3) is 0 Å². The number of rotatable bonds is 7. The molecule has 1 heterocycles. The van der Waals surface area contributed by atoms with Gasteiger partial charge in [0.15, 0.2) is 0 Å². The van der Waals surface area contributed by atoms with Crippen LogP contribution in [0.25, 0.3) is 0 Å². The van der Waals surface area contributed by atoms with E-state index in [0.717, 1.165) is 13.0 Å². The van der Waals surface area contributed by atoms with Gasteiger partial charge >= 0.3 is 11.7 Å². The molecular formula is C12H19N5O4. The molecule has 0 saturated heterocycles. The Morgan fingerprint density at radius 3 is 2.62 bits per heavy atom. The molecule has 0 spiro atoms. The number of aromatic nitrogens is 1. The standard InChI is InChI=1S/C12H19N5O4/c1-7-8(12(18)19)9(13)10(17(20)21)11(15-7)14-5-4-6-16(2)3/h4-6H2,1-3H3,(H,18,19)(H3,13,14,15). The molecule has 0 radical (unpaired) electrons. The van der Waals surface area contributed by atoms with Crippen LogP contribution in [0.5, 0.6) is 0 Å². The van der Waals surface area contributed by atoms with Crippen LogP contribution >= 0.6 is 0 Å². The van der Waals surface area contributed by atoms with Crippen molar-refractivity contribution in [1.82, 2.24) is 9.88 Å². The summed E-state index contributed by atoms with van der Waals surface area (Å²) in [6.07, 6.45) is 0.755. The Morgan fingerprint density at radius 1 is 1.52 bits per heavy atom. The molecule has 0 aliphatic heterocycles. The highest BCUT2D eigenvalue weighted by Gasteiger charge is 2.27. The van der Waals surface area contributed by atoms with E-state index in [-0.39, 0.29) is 22.8 Å². The maximum Gasteiger partial charge on any atom is 0.339 e. The number of nitrogen functional groups attached to an aromatic ring is 1. The third-order valence-electron chi connectivity index (χ3n) is 2.86. The first-order valence-electron chi connectivity index (χ1n) is 6.32. The van der Waals surface area contributed by atoms with E-state index >= 15 is 0 Å². The number of carboxylic acids is 1. The van der Waals surface area contributed by atoms with Crippen molar-refractivity contribution >= 4 is 23.2 Å². The summed E-state index contributed by atoms with van der Waals surface area (Å²) in [5.41, 5.74) is 4.56. The summed E-state index contributed by atoms with van der Waals surface area (Å²) < 4.78 is 0. The number of carbonyl (C=O) groups is 1. The molecule has 0 aliphatic carbocycles. The minimum absolute atomic E-state index is 0.00115. The first-order chi connectivity index (χ1) is 9.75. The summed E-state index contributed by atoms with van der Waals surface area (Å²) in [7, 11) is 3.84. The number of hydrogen-bond donors (Lipinski definition) is 3. The number of nitro groups is 1. The lowest BCUT2D eigenvalue weighted by molar-refractivity contribution is -0.383. The summed E-state index contributed by atoms with van der Waals surface area (Å²) in [6.45, 7) is 2.73. The fraction of sp³-hybridized carbons (Fsp3) is 0.500.